The number of nitrogens with zero attached hydrogens (tertiary/aromatic N) is 1. The topological polar surface area (TPSA) is 159 Å². The Kier molecular flexibility index (Phi) is 10.7. The van der Waals surface area contributed by atoms with Crippen LogP contribution in [0, 0.1) is 6.92 Å². The first-order chi connectivity index (χ1) is 15.8. The van der Waals surface area contributed by atoms with Gasteiger partial charge in [-0.15, -0.1) is 0 Å². The molecule has 0 unspecified atom stereocenters. The number of carboxylic acid groups (broad SMARTS) is 1. The van der Waals surface area contributed by atoms with Gasteiger partial charge in [-0.2, -0.15) is 0 Å². The molecule has 1 aromatic heterocycles. The lowest BCUT2D eigenvalue weighted by Crippen LogP contribution is -2.41. The molecule has 11 nitrogen and oxygen atoms in total. The van der Waals surface area contributed by atoms with E-state index < -0.39 is 23.9 Å². The van der Waals surface area contributed by atoms with E-state index >= 15 is 0 Å². The number of rotatable bonds is 14. The molecule has 5 N–H and O–H groups in total. The predicted molar refractivity (Wildman–Crippen MR) is 123 cm³/mol. The number of aryl methyl sites for hydroxylation is 1. The highest BCUT2D eigenvalue weighted by molar-refractivity contribution is 7.17. The summed E-state index contributed by atoms with van der Waals surface area (Å²) in [6.45, 7) is 4.26. The number of amides is 1. The standard InChI is InChI=1S/C21H28N4O7S/c1-3-32-20(30)18-13(2)23-21(33-18)25-15-6-4-14(5-7-15)24-17(27)12-16(19(28)29)22-8-10-31-11-9-26/h4-7,16,22,26H,3,8-12H2,1-2H3,(H,23,25)(H,24,27)(H,28,29)/t16-/m1/s1. The van der Waals surface area contributed by atoms with Gasteiger partial charge in [0, 0.05) is 17.9 Å². The molecular weight excluding hydrogens is 452 g/mol. The fourth-order valence-electron chi connectivity index (χ4n) is 2.71. The number of aromatic nitrogens is 1. The first kappa shape index (κ1) is 26.2. The number of benzene rings is 1. The van der Waals surface area contributed by atoms with E-state index in [9.17, 15) is 19.5 Å². The van der Waals surface area contributed by atoms with Crippen molar-refractivity contribution < 1.29 is 34.1 Å². The molecule has 0 radical (unpaired) electrons. The molecular formula is C21H28N4O7S. The van der Waals surface area contributed by atoms with Crippen molar-refractivity contribution in [1.82, 2.24) is 10.3 Å². The Morgan fingerprint density at radius 1 is 1.15 bits per heavy atom. The second-order valence-corrected chi connectivity index (χ2v) is 7.79. The highest BCUT2D eigenvalue weighted by Gasteiger charge is 2.21. The third kappa shape index (κ3) is 8.77. The largest absolute Gasteiger partial charge is 0.480 e. The van der Waals surface area contributed by atoms with Crippen LogP contribution >= 0.6 is 11.3 Å². The Hall–Kier alpha value is -3.06. The van der Waals surface area contributed by atoms with Crippen LogP contribution in [0.3, 0.4) is 0 Å². The number of aliphatic hydroxyl groups excluding tert-OH is 1. The van der Waals surface area contributed by atoms with E-state index in [0.717, 1.165) is 0 Å². The van der Waals surface area contributed by atoms with E-state index in [1.54, 1.807) is 38.1 Å². The summed E-state index contributed by atoms with van der Waals surface area (Å²) in [5.41, 5.74) is 1.78. The Balaban J connectivity index is 1.88. The maximum atomic E-state index is 12.2. The lowest BCUT2D eigenvalue weighted by atomic mass is 10.2. The minimum atomic E-state index is -1.15. The zero-order valence-corrected chi connectivity index (χ0v) is 19.2. The number of carbonyl (C=O) groups excluding carboxylic acids is 2. The smallest absolute Gasteiger partial charge is 0.350 e. The molecule has 0 fully saturated rings. The van der Waals surface area contributed by atoms with Crippen LogP contribution in [0.4, 0.5) is 16.5 Å². The fraction of sp³-hybridized carbons (Fsp3) is 0.429. The molecule has 0 saturated heterocycles. The van der Waals surface area contributed by atoms with Gasteiger partial charge in [0.25, 0.3) is 0 Å². The van der Waals surface area contributed by atoms with E-state index in [2.05, 4.69) is 20.9 Å². The third-order valence-corrected chi connectivity index (χ3v) is 5.29. The quantitative estimate of drug-likeness (QED) is 0.199. The average Bonchev–Trinajstić information content (AvgIpc) is 3.14. The number of aliphatic hydroxyl groups is 1. The summed E-state index contributed by atoms with van der Waals surface area (Å²) in [7, 11) is 0. The van der Waals surface area contributed by atoms with Crippen LogP contribution in [0.25, 0.3) is 0 Å². The summed E-state index contributed by atoms with van der Waals surface area (Å²) in [6.07, 6.45) is -0.260. The number of anilines is 3. The van der Waals surface area contributed by atoms with Crippen molar-refractivity contribution in [2.75, 3.05) is 43.6 Å². The normalized spacial score (nSPS) is 11.6. The van der Waals surface area contributed by atoms with Gasteiger partial charge in [-0.05, 0) is 38.1 Å². The van der Waals surface area contributed by atoms with Gasteiger partial charge in [0.2, 0.25) is 5.91 Å². The molecule has 0 aliphatic carbocycles. The molecule has 12 heteroatoms. The number of hydrogen-bond donors (Lipinski definition) is 5. The molecule has 1 atom stereocenters. The fourth-order valence-corrected chi connectivity index (χ4v) is 3.59. The van der Waals surface area contributed by atoms with Crippen molar-refractivity contribution in [3.63, 3.8) is 0 Å². The third-order valence-electron chi connectivity index (χ3n) is 4.24. The number of thiazole rings is 1. The van der Waals surface area contributed by atoms with Crippen LogP contribution in [0.1, 0.15) is 28.7 Å². The summed E-state index contributed by atoms with van der Waals surface area (Å²) in [5, 5.41) is 27.0. The van der Waals surface area contributed by atoms with Gasteiger partial charge >= 0.3 is 11.9 Å². The number of ether oxygens (including phenoxy) is 2. The van der Waals surface area contributed by atoms with Gasteiger partial charge in [-0.1, -0.05) is 11.3 Å². The van der Waals surface area contributed by atoms with Gasteiger partial charge < -0.3 is 35.6 Å². The molecule has 0 bridgehead atoms. The highest BCUT2D eigenvalue weighted by atomic mass is 32.1. The van der Waals surface area contributed by atoms with Crippen molar-refractivity contribution >= 4 is 45.7 Å². The van der Waals surface area contributed by atoms with Gasteiger partial charge in [-0.3, -0.25) is 9.59 Å². The van der Waals surface area contributed by atoms with Crippen LogP contribution in [-0.2, 0) is 19.1 Å². The number of carboxylic acids is 1. The summed E-state index contributed by atoms with van der Waals surface area (Å²) in [5.74, 6) is -2.01. The van der Waals surface area contributed by atoms with Gasteiger partial charge in [0.15, 0.2) is 5.13 Å². The molecule has 33 heavy (non-hydrogen) atoms. The minimum absolute atomic E-state index is 0.114. The van der Waals surface area contributed by atoms with Crippen molar-refractivity contribution in [2.45, 2.75) is 26.3 Å². The maximum absolute atomic E-state index is 12.2. The Morgan fingerprint density at radius 3 is 2.48 bits per heavy atom. The summed E-state index contributed by atoms with van der Waals surface area (Å²) >= 11 is 1.19. The molecule has 1 heterocycles. The molecule has 0 saturated carbocycles. The van der Waals surface area contributed by atoms with Crippen LogP contribution < -0.4 is 16.0 Å². The van der Waals surface area contributed by atoms with Gasteiger partial charge in [0.1, 0.15) is 10.9 Å². The Bertz CT molecular complexity index is 933. The van der Waals surface area contributed by atoms with E-state index in [0.29, 0.717) is 27.1 Å². The molecule has 1 aromatic carbocycles. The van der Waals surface area contributed by atoms with Gasteiger partial charge in [0.05, 0.1) is 38.5 Å². The zero-order valence-electron chi connectivity index (χ0n) is 18.4. The molecule has 0 aliphatic heterocycles. The van der Waals surface area contributed by atoms with Crippen LogP contribution in [0.2, 0.25) is 0 Å². The van der Waals surface area contributed by atoms with E-state index in [-0.39, 0.29) is 39.4 Å². The number of aliphatic carboxylic acids is 1. The summed E-state index contributed by atoms with van der Waals surface area (Å²) < 4.78 is 10.1. The summed E-state index contributed by atoms with van der Waals surface area (Å²) in [4.78, 5) is 40.3. The highest BCUT2D eigenvalue weighted by Crippen LogP contribution is 2.27. The van der Waals surface area contributed by atoms with E-state index in [4.69, 9.17) is 14.6 Å². The second-order valence-electron chi connectivity index (χ2n) is 6.79. The number of carbonyl (C=O) groups is 3. The van der Waals surface area contributed by atoms with Crippen LogP contribution in [0.5, 0.6) is 0 Å². The predicted octanol–water partition coefficient (Wildman–Crippen LogP) is 1.75. The Labute approximate surface area is 195 Å². The molecule has 0 spiro atoms. The molecule has 180 valence electrons. The lowest BCUT2D eigenvalue weighted by Gasteiger charge is -2.14. The zero-order chi connectivity index (χ0) is 24.2. The molecule has 2 aromatic rings. The molecule has 0 aliphatic rings. The maximum Gasteiger partial charge on any atom is 0.350 e. The SMILES string of the molecule is CCOC(=O)c1sc(Nc2ccc(NC(=O)C[C@@H](NCCOCCO)C(=O)O)cc2)nc1C. The van der Waals surface area contributed by atoms with Crippen molar-refractivity contribution in [2.24, 2.45) is 0 Å². The Morgan fingerprint density at radius 2 is 1.85 bits per heavy atom. The van der Waals surface area contributed by atoms with Crippen molar-refractivity contribution in [3.05, 3.63) is 34.8 Å². The summed E-state index contributed by atoms with van der Waals surface area (Å²) in [6, 6.07) is 5.71. The van der Waals surface area contributed by atoms with Crippen molar-refractivity contribution in [1.29, 1.82) is 0 Å². The average molecular weight is 481 g/mol. The van der Waals surface area contributed by atoms with E-state index in [1.807, 2.05) is 0 Å². The number of nitrogens with one attached hydrogen (secondary N) is 3. The van der Waals surface area contributed by atoms with E-state index in [1.165, 1.54) is 11.3 Å². The molecule has 2 rings (SSSR count). The van der Waals surface area contributed by atoms with Gasteiger partial charge in [-0.25, -0.2) is 9.78 Å². The number of esters is 1. The number of hydrogen-bond acceptors (Lipinski definition) is 10. The first-order valence-electron chi connectivity index (χ1n) is 10.3. The molecule has 1 amide bonds. The van der Waals surface area contributed by atoms with Crippen LogP contribution in [0.15, 0.2) is 24.3 Å². The lowest BCUT2D eigenvalue weighted by molar-refractivity contribution is -0.141. The van der Waals surface area contributed by atoms with Crippen molar-refractivity contribution in [3.8, 4) is 0 Å². The minimum Gasteiger partial charge on any atom is -0.480 e. The second kappa shape index (κ2) is 13.5. The van der Waals surface area contributed by atoms with Crippen LogP contribution in [-0.4, -0.2) is 72.1 Å². The first-order valence-corrected chi connectivity index (χ1v) is 11.1. The monoisotopic (exact) mass is 480 g/mol.